The molecule has 0 bridgehead atoms. The Hall–Kier alpha value is -0.400. The highest BCUT2D eigenvalue weighted by Crippen LogP contribution is 2.26. The smallest absolute Gasteiger partial charge is 0.186 e. The maximum absolute atomic E-state index is 10.1. The molecule has 6 N–H and O–H groups in total. The van der Waals surface area contributed by atoms with Gasteiger partial charge in [-0.15, -0.1) is 0 Å². The molecule has 0 aromatic carbocycles. The van der Waals surface area contributed by atoms with E-state index in [-0.39, 0.29) is 12.5 Å². The monoisotopic (exact) mass is 382 g/mol. The minimum absolute atomic E-state index is 0.225. The highest BCUT2D eigenvalue weighted by atomic mass is 16.7. The SMILES string of the molecule is CC[C@H](C)CO[C@H]1O[C@@H](CO[C@@H]2O[C@H](CO)[C@H](O)[C@@H]2O)[C@H](O)[C@@H](O)[C@@H]1O. The lowest BCUT2D eigenvalue weighted by Crippen LogP contribution is -2.59. The fraction of sp³-hybridized carbons (Fsp3) is 1.00. The molecule has 2 aliphatic heterocycles. The summed E-state index contributed by atoms with van der Waals surface area (Å²) in [7, 11) is 0. The van der Waals surface area contributed by atoms with Gasteiger partial charge in [0.15, 0.2) is 12.6 Å². The lowest BCUT2D eigenvalue weighted by atomic mass is 9.99. The van der Waals surface area contributed by atoms with E-state index in [1.54, 1.807) is 0 Å². The molecule has 2 rings (SSSR count). The van der Waals surface area contributed by atoms with Crippen LogP contribution in [0.4, 0.5) is 0 Å². The molecule has 0 amide bonds. The zero-order valence-corrected chi connectivity index (χ0v) is 14.9. The van der Waals surface area contributed by atoms with Crippen LogP contribution in [0.25, 0.3) is 0 Å². The molecule has 10 nitrogen and oxygen atoms in total. The van der Waals surface area contributed by atoms with Crippen LogP contribution in [0.2, 0.25) is 0 Å². The van der Waals surface area contributed by atoms with Crippen molar-refractivity contribution in [3.05, 3.63) is 0 Å². The molecule has 10 atom stereocenters. The predicted molar refractivity (Wildman–Crippen MR) is 85.8 cm³/mol. The topological polar surface area (TPSA) is 158 Å². The molecule has 2 aliphatic rings. The number of hydrogen-bond donors (Lipinski definition) is 6. The summed E-state index contributed by atoms with van der Waals surface area (Å²) < 4.78 is 21.5. The van der Waals surface area contributed by atoms with Gasteiger partial charge in [-0.2, -0.15) is 0 Å². The number of rotatable bonds is 8. The molecule has 0 aromatic heterocycles. The Bertz CT molecular complexity index is 424. The van der Waals surface area contributed by atoms with E-state index in [2.05, 4.69) is 0 Å². The van der Waals surface area contributed by atoms with Gasteiger partial charge in [0.25, 0.3) is 0 Å². The fourth-order valence-electron chi connectivity index (χ4n) is 2.76. The van der Waals surface area contributed by atoms with E-state index in [4.69, 9.17) is 24.1 Å². The van der Waals surface area contributed by atoms with Crippen molar-refractivity contribution in [2.24, 2.45) is 5.92 Å². The van der Waals surface area contributed by atoms with Crippen molar-refractivity contribution in [1.82, 2.24) is 0 Å². The van der Waals surface area contributed by atoms with Gasteiger partial charge in [0, 0.05) is 0 Å². The number of aliphatic hydroxyl groups is 6. The Morgan fingerprint density at radius 2 is 1.35 bits per heavy atom. The van der Waals surface area contributed by atoms with E-state index in [1.807, 2.05) is 13.8 Å². The maximum Gasteiger partial charge on any atom is 0.186 e. The van der Waals surface area contributed by atoms with Gasteiger partial charge in [-0.1, -0.05) is 20.3 Å². The lowest BCUT2D eigenvalue weighted by Gasteiger charge is -2.40. The molecule has 2 heterocycles. The molecular weight excluding hydrogens is 352 g/mol. The highest BCUT2D eigenvalue weighted by Gasteiger charge is 2.47. The van der Waals surface area contributed by atoms with Crippen LogP contribution in [0.5, 0.6) is 0 Å². The molecule has 2 fully saturated rings. The second kappa shape index (κ2) is 9.69. The summed E-state index contributed by atoms with van der Waals surface area (Å²) in [5, 5.41) is 58.7. The summed E-state index contributed by atoms with van der Waals surface area (Å²) in [5.74, 6) is 0.225. The lowest BCUT2D eigenvalue weighted by molar-refractivity contribution is -0.311. The van der Waals surface area contributed by atoms with Crippen LogP contribution >= 0.6 is 0 Å². The van der Waals surface area contributed by atoms with Crippen molar-refractivity contribution in [2.45, 2.75) is 75.6 Å². The van der Waals surface area contributed by atoms with Gasteiger partial charge in [0.1, 0.15) is 42.7 Å². The van der Waals surface area contributed by atoms with Crippen LogP contribution in [0.1, 0.15) is 20.3 Å². The van der Waals surface area contributed by atoms with Gasteiger partial charge in [-0.25, -0.2) is 0 Å². The maximum atomic E-state index is 10.1. The molecule has 0 unspecified atom stereocenters. The number of hydrogen-bond acceptors (Lipinski definition) is 10. The Morgan fingerprint density at radius 1 is 0.808 bits per heavy atom. The first kappa shape index (κ1) is 21.9. The first-order valence-electron chi connectivity index (χ1n) is 8.85. The summed E-state index contributed by atoms with van der Waals surface area (Å²) in [6.07, 6.45) is -10.5. The summed E-state index contributed by atoms with van der Waals surface area (Å²) in [4.78, 5) is 0. The van der Waals surface area contributed by atoms with Gasteiger partial charge < -0.3 is 49.6 Å². The van der Waals surface area contributed by atoms with Crippen molar-refractivity contribution < 1.29 is 49.6 Å². The third-order valence-electron chi connectivity index (χ3n) is 4.83. The molecule has 0 aromatic rings. The second-order valence-corrected chi connectivity index (χ2v) is 6.90. The highest BCUT2D eigenvalue weighted by molar-refractivity contribution is 4.90. The summed E-state index contributed by atoms with van der Waals surface area (Å²) >= 11 is 0. The van der Waals surface area contributed by atoms with Gasteiger partial charge in [0.05, 0.1) is 19.8 Å². The van der Waals surface area contributed by atoms with Crippen LogP contribution in [0, 0.1) is 5.92 Å². The average molecular weight is 382 g/mol. The van der Waals surface area contributed by atoms with E-state index in [0.29, 0.717) is 6.61 Å². The zero-order chi connectivity index (χ0) is 19.4. The van der Waals surface area contributed by atoms with Crippen molar-refractivity contribution in [2.75, 3.05) is 19.8 Å². The molecule has 2 saturated heterocycles. The Morgan fingerprint density at radius 3 is 1.92 bits per heavy atom. The second-order valence-electron chi connectivity index (χ2n) is 6.90. The average Bonchev–Trinajstić information content (AvgIpc) is 2.92. The Labute approximate surface area is 151 Å². The molecule has 10 heteroatoms. The van der Waals surface area contributed by atoms with E-state index in [0.717, 1.165) is 6.42 Å². The number of ether oxygens (including phenoxy) is 4. The van der Waals surface area contributed by atoms with Crippen LogP contribution in [0.3, 0.4) is 0 Å². The van der Waals surface area contributed by atoms with Gasteiger partial charge in [0.2, 0.25) is 0 Å². The Balaban J connectivity index is 1.90. The van der Waals surface area contributed by atoms with Gasteiger partial charge >= 0.3 is 0 Å². The van der Waals surface area contributed by atoms with E-state index >= 15 is 0 Å². The summed E-state index contributed by atoms with van der Waals surface area (Å²) in [6.45, 7) is 3.48. The van der Waals surface area contributed by atoms with E-state index in [1.165, 1.54) is 0 Å². The summed E-state index contributed by atoms with van der Waals surface area (Å²) in [6, 6.07) is 0. The van der Waals surface area contributed by atoms with E-state index < -0.39 is 61.9 Å². The van der Waals surface area contributed by atoms with Crippen LogP contribution < -0.4 is 0 Å². The molecule has 0 saturated carbocycles. The van der Waals surface area contributed by atoms with Crippen LogP contribution in [-0.2, 0) is 18.9 Å². The molecule has 0 spiro atoms. The molecule has 26 heavy (non-hydrogen) atoms. The normalized spacial score (nSPS) is 45.0. The first-order chi connectivity index (χ1) is 12.3. The predicted octanol–water partition coefficient (Wildman–Crippen LogP) is -2.69. The molecule has 0 radical (unpaired) electrons. The minimum Gasteiger partial charge on any atom is -0.394 e. The largest absolute Gasteiger partial charge is 0.394 e. The molecular formula is C16H30O10. The Kier molecular flexibility index (Phi) is 8.16. The fourth-order valence-corrected chi connectivity index (χ4v) is 2.76. The third kappa shape index (κ3) is 4.90. The quantitative estimate of drug-likeness (QED) is 0.261. The summed E-state index contributed by atoms with van der Waals surface area (Å²) in [5.41, 5.74) is 0. The van der Waals surface area contributed by atoms with Gasteiger partial charge in [-0.3, -0.25) is 0 Å². The molecule has 154 valence electrons. The van der Waals surface area contributed by atoms with Crippen molar-refractivity contribution in [1.29, 1.82) is 0 Å². The van der Waals surface area contributed by atoms with Crippen molar-refractivity contribution >= 4 is 0 Å². The zero-order valence-electron chi connectivity index (χ0n) is 14.9. The minimum atomic E-state index is -1.50. The van der Waals surface area contributed by atoms with E-state index in [9.17, 15) is 25.5 Å². The molecule has 0 aliphatic carbocycles. The van der Waals surface area contributed by atoms with Crippen LogP contribution in [0.15, 0.2) is 0 Å². The third-order valence-corrected chi connectivity index (χ3v) is 4.83. The van der Waals surface area contributed by atoms with Crippen molar-refractivity contribution in [3.8, 4) is 0 Å². The van der Waals surface area contributed by atoms with Gasteiger partial charge in [-0.05, 0) is 5.92 Å². The standard InChI is InChI=1S/C16H30O10/c1-3-7(2)5-23-16-14(22)12(20)11(19)9(26-16)6-24-15-13(21)10(18)8(4-17)25-15/h7-22H,3-6H2,1-2H3/t7-,8+,9-,10-,11-,12+,13-,14-,15+,16-/m0/s1. The van der Waals surface area contributed by atoms with Crippen molar-refractivity contribution in [3.63, 3.8) is 0 Å². The van der Waals surface area contributed by atoms with Crippen LogP contribution in [-0.4, -0.2) is 106 Å². The first-order valence-corrected chi connectivity index (χ1v) is 8.85. The number of aliphatic hydroxyl groups excluding tert-OH is 6.